The van der Waals surface area contributed by atoms with Gasteiger partial charge in [0, 0.05) is 11.2 Å². The Morgan fingerprint density at radius 3 is 2.09 bits per heavy atom. The molecule has 0 rings (SSSR count). The molecule has 5 heteroatoms. The molecule has 0 nitrogen and oxygen atoms in total. The summed E-state index contributed by atoms with van der Waals surface area (Å²) in [5, 5.41) is 0.728. The van der Waals surface area contributed by atoms with E-state index in [-0.39, 0.29) is 5.92 Å². The van der Waals surface area contributed by atoms with Crippen LogP contribution in [-0.2, 0) is 0 Å². The summed E-state index contributed by atoms with van der Waals surface area (Å²) >= 11 is 20.0. The van der Waals surface area contributed by atoms with Gasteiger partial charge in [-0.1, -0.05) is 50.7 Å². The number of alkyl halides is 5. The van der Waals surface area contributed by atoms with Crippen molar-refractivity contribution in [3.63, 3.8) is 0 Å². The van der Waals surface area contributed by atoms with E-state index in [2.05, 4.69) is 15.9 Å². The van der Waals surface area contributed by atoms with Crippen molar-refractivity contribution in [2.45, 2.75) is 16.6 Å². The minimum absolute atomic E-state index is 0.197. The summed E-state index contributed by atoms with van der Waals surface area (Å²) in [6.07, 6.45) is 0.989. The largest absolute Gasteiger partial charge is 0.251 e. The Balaban J connectivity index is 3.88. The van der Waals surface area contributed by atoms with Crippen molar-refractivity contribution in [3.05, 3.63) is 0 Å². The third kappa shape index (κ3) is 5.51. The molecule has 0 radical (unpaired) electrons. The fourth-order valence-electron chi connectivity index (χ4n) is 0.735. The van der Waals surface area contributed by atoms with E-state index in [1.807, 2.05) is 0 Å². The Morgan fingerprint density at radius 1 is 1.27 bits per heavy atom. The van der Waals surface area contributed by atoms with Crippen LogP contribution in [0.2, 0.25) is 0 Å². The Morgan fingerprint density at radius 2 is 1.82 bits per heavy atom. The molecule has 1 unspecified atom stereocenters. The number of halogens is 5. The molecule has 0 N–H and O–H groups in total. The molecule has 0 saturated heterocycles. The van der Waals surface area contributed by atoms with E-state index in [9.17, 15) is 4.39 Å². The summed E-state index contributed by atoms with van der Waals surface area (Å²) < 4.78 is 10.6. The Kier molecular flexibility index (Phi) is 6.53. The van der Waals surface area contributed by atoms with Crippen molar-refractivity contribution < 1.29 is 4.39 Å². The van der Waals surface area contributed by atoms with Crippen LogP contribution in [-0.4, -0.2) is 15.8 Å². The van der Waals surface area contributed by atoms with Crippen LogP contribution < -0.4 is 0 Å². The molecule has 68 valence electrons. The van der Waals surface area contributed by atoms with E-state index >= 15 is 0 Å². The van der Waals surface area contributed by atoms with E-state index in [0.717, 1.165) is 5.33 Å². The van der Waals surface area contributed by atoms with Gasteiger partial charge in [-0.2, -0.15) is 0 Å². The Hall–Kier alpha value is 1.28. The second kappa shape index (κ2) is 5.85. The molecule has 0 saturated carbocycles. The highest BCUT2D eigenvalue weighted by molar-refractivity contribution is 9.09. The fraction of sp³-hybridized carbons (Fsp3) is 1.00. The van der Waals surface area contributed by atoms with Crippen LogP contribution in [0, 0.1) is 5.92 Å². The summed E-state index contributed by atoms with van der Waals surface area (Å²) in [5.41, 5.74) is 0. The van der Waals surface area contributed by atoms with Crippen LogP contribution in [0.15, 0.2) is 0 Å². The monoisotopic (exact) mass is 284 g/mol. The highest BCUT2D eigenvalue weighted by Gasteiger charge is 2.31. The number of hydrogen-bond acceptors (Lipinski definition) is 0. The Labute approximate surface area is 89.5 Å². The zero-order valence-electron chi connectivity index (χ0n) is 5.80. The van der Waals surface area contributed by atoms with Crippen molar-refractivity contribution in [2.24, 2.45) is 5.92 Å². The first-order chi connectivity index (χ1) is 5.02. The summed E-state index contributed by atoms with van der Waals surface area (Å²) in [7, 11) is 0. The lowest BCUT2D eigenvalue weighted by molar-refractivity contribution is 0.383. The third-order valence-corrected chi connectivity index (χ3v) is 2.76. The second-order valence-corrected chi connectivity index (χ2v) is 5.36. The van der Waals surface area contributed by atoms with E-state index in [4.69, 9.17) is 34.8 Å². The molecule has 0 aliphatic carbocycles. The van der Waals surface area contributed by atoms with Crippen LogP contribution in [0.1, 0.15) is 12.8 Å². The van der Waals surface area contributed by atoms with Crippen LogP contribution in [0.4, 0.5) is 4.39 Å². The lowest BCUT2D eigenvalue weighted by Crippen LogP contribution is -2.20. The van der Waals surface area contributed by atoms with Crippen LogP contribution in [0.5, 0.6) is 0 Å². The molecule has 0 fully saturated rings. The van der Waals surface area contributed by atoms with Crippen molar-refractivity contribution in [3.8, 4) is 0 Å². The predicted octanol–water partition coefficient (Wildman–Crippen LogP) is 4.12. The first-order valence-corrected chi connectivity index (χ1v) is 5.46. The first-order valence-electron chi connectivity index (χ1n) is 3.21. The normalized spacial score (nSPS) is 15.0. The van der Waals surface area contributed by atoms with Crippen LogP contribution in [0.3, 0.4) is 0 Å². The van der Waals surface area contributed by atoms with Gasteiger partial charge >= 0.3 is 0 Å². The Bertz CT molecular complexity index is 98.5. The SMILES string of the molecule is FCCC(CCBr)C(Cl)(Cl)Cl. The molecule has 0 heterocycles. The molecule has 11 heavy (non-hydrogen) atoms. The van der Waals surface area contributed by atoms with Crippen LogP contribution >= 0.6 is 50.7 Å². The maximum absolute atomic E-state index is 11.9. The van der Waals surface area contributed by atoms with Crippen molar-refractivity contribution in [1.82, 2.24) is 0 Å². The van der Waals surface area contributed by atoms with Gasteiger partial charge in [0.05, 0.1) is 6.67 Å². The molecule has 0 aromatic heterocycles. The minimum atomic E-state index is -1.33. The topological polar surface area (TPSA) is 0 Å². The van der Waals surface area contributed by atoms with Gasteiger partial charge in [-0.05, 0) is 12.8 Å². The standard InChI is InChI=1S/C6H9BrCl3F/c7-3-1-5(2-4-11)6(8,9)10/h5H,1-4H2. The average Bonchev–Trinajstić information content (AvgIpc) is 1.85. The molecule has 0 aromatic carbocycles. The van der Waals surface area contributed by atoms with Crippen LogP contribution in [0.25, 0.3) is 0 Å². The lowest BCUT2D eigenvalue weighted by atomic mass is 10.1. The maximum atomic E-state index is 11.9. The van der Waals surface area contributed by atoms with Gasteiger partial charge in [0.2, 0.25) is 0 Å². The smallest absolute Gasteiger partial charge is 0.193 e. The third-order valence-electron chi connectivity index (χ3n) is 1.38. The van der Waals surface area contributed by atoms with Gasteiger partial charge in [-0.15, -0.1) is 0 Å². The van der Waals surface area contributed by atoms with E-state index in [1.165, 1.54) is 0 Å². The zero-order chi connectivity index (χ0) is 8.91. The second-order valence-electron chi connectivity index (χ2n) is 2.19. The molecule has 1 atom stereocenters. The molecule has 0 aliphatic heterocycles. The minimum Gasteiger partial charge on any atom is -0.251 e. The fourth-order valence-corrected chi connectivity index (χ4v) is 1.94. The van der Waals surface area contributed by atoms with Crippen molar-refractivity contribution in [2.75, 3.05) is 12.0 Å². The van der Waals surface area contributed by atoms with Gasteiger partial charge in [-0.3, -0.25) is 4.39 Å². The predicted molar refractivity (Wildman–Crippen MR) is 52.8 cm³/mol. The molecular weight excluding hydrogens is 277 g/mol. The molecular formula is C6H9BrCl3F. The zero-order valence-corrected chi connectivity index (χ0v) is 9.65. The average molecular weight is 286 g/mol. The number of rotatable bonds is 4. The first kappa shape index (κ1) is 12.3. The molecule has 0 spiro atoms. The lowest BCUT2D eigenvalue weighted by Gasteiger charge is -2.22. The van der Waals surface area contributed by atoms with E-state index in [1.54, 1.807) is 0 Å². The maximum Gasteiger partial charge on any atom is 0.193 e. The van der Waals surface area contributed by atoms with Gasteiger partial charge in [0.15, 0.2) is 3.79 Å². The molecule has 0 bridgehead atoms. The van der Waals surface area contributed by atoms with Gasteiger partial charge in [0.1, 0.15) is 0 Å². The van der Waals surface area contributed by atoms with E-state index in [0.29, 0.717) is 12.8 Å². The summed E-state index contributed by atoms with van der Waals surface area (Å²) in [5.74, 6) is -0.197. The highest BCUT2D eigenvalue weighted by atomic mass is 79.9. The summed E-state index contributed by atoms with van der Waals surface area (Å²) in [6.45, 7) is -0.439. The molecule has 0 aliphatic rings. The van der Waals surface area contributed by atoms with Gasteiger partial charge in [0.25, 0.3) is 0 Å². The number of hydrogen-bond donors (Lipinski definition) is 0. The highest BCUT2D eigenvalue weighted by Crippen LogP contribution is 2.39. The summed E-state index contributed by atoms with van der Waals surface area (Å²) in [4.78, 5) is 0. The molecule has 0 amide bonds. The molecule has 0 aromatic rings. The quantitative estimate of drug-likeness (QED) is 0.682. The van der Waals surface area contributed by atoms with E-state index < -0.39 is 10.5 Å². The van der Waals surface area contributed by atoms with Crippen molar-refractivity contribution in [1.29, 1.82) is 0 Å². The van der Waals surface area contributed by atoms with Gasteiger partial charge < -0.3 is 0 Å². The van der Waals surface area contributed by atoms with Gasteiger partial charge in [-0.25, -0.2) is 0 Å². The van der Waals surface area contributed by atoms with Crippen molar-refractivity contribution >= 4 is 50.7 Å². The summed E-state index contributed by atoms with van der Waals surface area (Å²) in [6, 6.07) is 0.